The lowest BCUT2D eigenvalue weighted by Crippen LogP contribution is -2.28. The van der Waals surface area contributed by atoms with Crippen LogP contribution in [0.25, 0.3) is 0 Å². The number of carbonyl (C=O) groups is 2. The van der Waals surface area contributed by atoms with E-state index in [0.717, 1.165) is 10.9 Å². The van der Waals surface area contributed by atoms with E-state index >= 15 is 0 Å². The maximum Gasteiger partial charge on any atom is 0.422 e. The Morgan fingerprint density at radius 2 is 2.00 bits per heavy atom. The van der Waals surface area contributed by atoms with E-state index in [1.54, 1.807) is 6.07 Å². The lowest BCUT2D eigenvalue weighted by atomic mass is 10.2. The second-order valence-corrected chi connectivity index (χ2v) is 4.89. The van der Waals surface area contributed by atoms with Gasteiger partial charge in [-0.3, -0.25) is 4.79 Å². The molecule has 0 radical (unpaired) electrons. The number of hydrogen-bond acceptors (Lipinski definition) is 5. The van der Waals surface area contributed by atoms with Crippen molar-refractivity contribution >= 4 is 11.9 Å². The third-order valence-corrected chi connectivity index (χ3v) is 2.90. The highest BCUT2D eigenvalue weighted by atomic mass is 19.4. The fourth-order valence-electron chi connectivity index (χ4n) is 1.82. The number of alkyl halides is 3. The van der Waals surface area contributed by atoms with Crippen LogP contribution in [0.1, 0.15) is 16.1 Å². The van der Waals surface area contributed by atoms with E-state index in [2.05, 4.69) is 15.6 Å². The summed E-state index contributed by atoms with van der Waals surface area (Å²) >= 11 is 0. The van der Waals surface area contributed by atoms with Crippen LogP contribution in [0.5, 0.6) is 5.75 Å². The summed E-state index contributed by atoms with van der Waals surface area (Å²) in [4.78, 5) is 22.5. The van der Waals surface area contributed by atoms with Gasteiger partial charge in [-0.15, -0.1) is 5.10 Å². The Bertz CT molecular complexity index is 761. The molecule has 1 amide bonds. The van der Waals surface area contributed by atoms with Gasteiger partial charge < -0.3 is 15.2 Å². The first-order chi connectivity index (χ1) is 11.7. The molecule has 0 aliphatic heterocycles. The topological polar surface area (TPSA) is 106 Å². The summed E-state index contributed by atoms with van der Waals surface area (Å²) in [6.07, 6.45) is -3.38. The van der Waals surface area contributed by atoms with Gasteiger partial charge in [0.1, 0.15) is 12.3 Å². The molecule has 25 heavy (non-hydrogen) atoms. The average molecular weight is 358 g/mol. The van der Waals surface area contributed by atoms with Gasteiger partial charge in [0.2, 0.25) is 5.91 Å². The fraction of sp³-hybridized carbons (Fsp3) is 0.286. The first kappa shape index (κ1) is 18.2. The summed E-state index contributed by atoms with van der Waals surface area (Å²) in [7, 11) is 0. The minimum Gasteiger partial charge on any atom is -0.484 e. The number of benzene rings is 1. The molecule has 1 aromatic heterocycles. The van der Waals surface area contributed by atoms with Crippen molar-refractivity contribution in [2.45, 2.75) is 19.3 Å². The van der Waals surface area contributed by atoms with Gasteiger partial charge in [-0.2, -0.15) is 13.2 Å². The predicted octanol–water partition coefficient (Wildman–Crippen LogP) is 1.23. The Balaban J connectivity index is 1.91. The summed E-state index contributed by atoms with van der Waals surface area (Å²) in [6, 6.07) is 5.99. The van der Waals surface area contributed by atoms with Crippen LogP contribution in [0.15, 0.2) is 30.5 Å². The van der Waals surface area contributed by atoms with Gasteiger partial charge in [-0.1, -0.05) is 23.4 Å². The molecule has 0 aliphatic rings. The molecule has 1 heterocycles. The summed E-state index contributed by atoms with van der Waals surface area (Å²) in [5.41, 5.74) is 0.0589. The molecular formula is C14H13F3N4O4. The Kier molecular flexibility index (Phi) is 5.57. The number of nitrogens with one attached hydrogen (secondary N) is 1. The third-order valence-electron chi connectivity index (χ3n) is 2.90. The summed E-state index contributed by atoms with van der Waals surface area (Å²) in [5, 5.41) is 18.0. The minimum absolute atomic E-state index is 0.00837. The van der Waals surface area contributed by atoms with Crippen molar-refractivity contribution in [1.82, 2.24) is 20.3 Å². The number of aromatic carboxylic acids is 1. The van der Waals surface area contributed by atoms with Crippen molar-refractivity contribution in [2.75, 3.05) is 6.61 Å². The molecule has 0 unspecified atom stereocenters. The molecule has 8 nitrogen and oxygen atoms in total. The largest absolute Gasteiger partial charge is 0.484 e. The van der Waals surface area contributed by atoms with Gasteiger partial charge >= 0.3 is 12.1 Å². The maximum absolute atomic E-state index is 12.2. The minimum atomic E-state index is -4.47. The van der Waals surface area contributed by atoms with Gasteiger partial charge in [0.25, 0.3) is 0 Å². The van der Waals surface area contributed by atoms with Crippen LogP contribution >= 0.6 is 0 Å². The van der Waals surface area contributed by atoms with Crippen LogP contribution in [0, 0.1) is 0 Å². The van der Waals surface area contributed by atoms with Gasteiger partial charge in [0.15, 0.2) is 12.3 Å². The van der Waals surface area contributed by atoms with Crippen molar-refractivity contribution in [1.29, 1.82) is 0 Å². The van der Waals surface area contributed by atoms with Crippen LogP contribution in [0.3, 0.4) is 0 Å². The summed E-state index contributed by atoms with van der Waals surface area (Å²) in [5.74, 6) is -1.79. The van der Waals surface area contributed by atoms with E-state index < -0.39 is 24.7 Å². The molecule has 2 N–H and O–H groups in total. The number of halogens is 3. The molecule has 0 aliphatic carbocycles. The first-order valence-corrected chi connectivity index (χ1v) is 6.92. The fourth-order valence-corrected chi connectivity index (χ4v) is 1.82. The van der Waals surface area contributed by atoms with E-state index in [4.69, 9.17) is 9.84 Å². The molecule has 0 saturated heterocycles. The van der Waals surface area contributed by atoms with Crippen molar-refractivity contribution in [3.8, 4) is 5.75 Å². The zero-order valence-electron chi connectivity index (χ0n) is 12.7. The number of carboxylic acid groups (broad SMARTS) is 1. The van der Waals surface area contributed by atoms with Crippen LogP contribution in [-0.2, 0) is 17.9 Å². The monoisotopic (exact) mass is 358 g/mol. The summed E-state index contributed by atoms with van der Waals surface area (Å²) < 4.78 is 42.5. The van der Waals surface area contributed by atoms with E-state index in [9.17, 15) is 22.8 Å². The standard InChI is InChI=1S/C14H13F3N4O4/c15-14(16,17)8-25-11-4-2-1-3-9(11)5-18-12(22)7-21-6-10(13(23)24)19-20-21/h1-4,6H,5,7-8H2,(H,18,22)(H,23,24). The first-order valence-electron chi connectivity index (χ1n) is 6.92. The van der Waals surface area contributed by atoms with Crippen LogP contribution in [0.4, 0.5) is 13.2 Å². The van der Waals surface area contributed by atoms with E-state index in [0.29, 0.717) is 5.56 Å². The second-order valence-electron chi connectivity index (χ2n) is 4.89. The highest BCUT2D eigenvalue weighted by molar-refractivity contribution is 5.84. The number of nitrogens with zero attached hydrogens (tertiary/aromatic N) is 3. The molecular weight excluding hydrogens is 345 g/mol. The van der Waals surface area contributed by atoms with Crippen LogP contribution in [0.2, 0.25) is 0 Å². The van der Waals surface area contributed by atoms with Gasteiger partial charge in [-0.25, -0.2) is 9.48 Å². The molecule has 134 valence electrons. The molecule has 0 fully saturated rings. The highest BCUT2D eigenvalue weighted by Gasteiger charge is 2.28. The number of carboxylic acids is 1. The van der Waals surface area contributed by atoms with Crippen LogP contribution < -0.4 is 10.1 Å². The van der Waals surface area contributed by atoms with E-state index in [1.165, 1.54) is 18.2 Å². The van der Waals surface area contributed by atoms with Crippen molar-refractivity contribution in [3.05, 3.63) is 41.7 Å². The molecule has 2 rings (SSSR count). The zero-order chi connectivity index (χ0) is 18.4. The Hall–Kier alpha value is -3.11. The number of hydrogen-bond donors (Lipinski definition) is 2. The van der Waals surface area contributed by atoms with E-state index in [1.807, 2.05) is 0 Å². The summed E-state index contributed by atoms with van der Waals surface area (Å²) in [6.45, 7) is -1.78. The van der Waals surface area contributed by atoms with Crippen molar-refractivity contribution < 1.29 is 32.6 Å². The zero-order valence-corrected chi connectivity index (χ0v) is 12.7. The molecule has 0 spiro atoms. The molecule has 11 heteroatoms. The van der Waals surface area contributed by atoms with Crippen molar-refractivity contribution in [2.24, 2.45) is 0 Å². The average Bonchev–Trinajstić information content (AvgIpc) is 2.99. The van der Waals surface area contributed by atoms with Crippen molar-refractivity contribution in [3.63, 3.8) is 0 Å². The lowest BCUT2D eigenvalue weighted by molar-refractivity contribution is -0.153. The number of carbonyl (C=O) groups excluding carboxylic acids is 1. The Morgan fingerprint density at radius 1 is 1.28 bits per heavy atom. The number of ether oxygens (including phenoxy) is 1. The van der Waals surface area contributed by atoms with Gasteiger partial charge in [-0.05, 0) is 6.07 Å². The highest BCUT2D eigenvalue weighted by Crippen LogP contribution is 2.22. The normalized spacial score (nSPS) is 11.2. The molecule has 0 bridgehead atoms. The smallest absolute Gasteiger partial charge is 0.422 e. The van der Waals surface area contributed by atoms with Gasteiger partial charge in [0, 0.05) is 12.1 Å². The predicted molar refractivity (Wildman–Crippen MR) is 76.8 cm³/mol. The number of rotatable bonds is 7. The molecule has 0 atom stereocenters. The molecule has 0 saturated carbocycles. The quantitative estimate of drug-likeness (QED) is 0.771. The Labute approximate surface area is 139 Å². The maximum atomic E-state index is 12.2. The number of para-hydroxylation sites is 1. The molecule has 2 aromatic rings. The van der Waals surface area contributed by atoms with Gasteiger partial charge in [0.05, 0.1) is 6.20 Å². The van der Waals surface area contributed by atoms with Crippen LogP contribution in [-0.4, -0.2) is 44.8 Å². The molecule has 1 aromatic carbocycles. The SMILES string of the molecule is O=C(Cn1cc(C(=O)O)nn1)NCc1ccccc1OCC(F)(F)F. The third kappa shape index (κ3) is 5.79. The number of amides is 1. The lowest BCUT2D eigenvalue weighted by Gasteiger charge is -2.13. The Morgan fingerprint density at radius 3 is 2.64 bits per heavy atom. The second kappa shape index (κ2) is 7.64. The number of aromatic nitrogens is 3. The van der Waals surface area contributed by atoms with E-state index in [-0.39, 0.29) is 24.5 Å².